The molecule has 0 saturated carbocycles. The molecule has 0 bridgehead atoms. The highest BCUT2D eigenvalue weighted by atomic mass is 16.2. The molecule has 0 fully saturated rings. The smallest absolute Gasteiger partial charge is 0.267 e. The maximum atomic E-state index is 12.0. The van der Waals surface area contributed by atoms with E-state index in [1.54, 1.807) is 19.6 Å². The molecule has 1 aromatic heterocycles. The molecule has 1 unspecified atom stereocenters. The minimum Gasteiger partial charge on any atom is -0.347 e. The van der Waals surface area contributed by atoms with Crippen LogP contribution in [-0.2, 0) is 16.1 Å². The van der Waals surface area contributed by atoms with Crippen molar-refractivity contribution in [2.75, 3.05) is 7.05 Å². The minimum absolute atomic E-state index is 0.0349. The summed E-state index contributed by atoms with van der Waals surface area (Å²) in [4.78, 5) is 27.2. The molecule has 0 aromatic carbocycles. The van der Waals surface area contributed by atoms with E-state index in [0.717, 1.165) is 0 Å². The first kappa shape index (κ1) is 13.3. The van der Waals surface area contributed by atoms with Gasteiger partial charge in [0, 0.05) is 44.9 Å². The van der Waals surface area contributed by atoms with Gasteiger partial charge in [-0.2, -0.15) is 5.10 Å². The van der Waals surface area contributed by atoms with Crippen LogP contribution in [0.5, 0.6) is 0 Å². The van der Waals surface area contributed by atoms with Crippen LogP contribution in [0, 0.1) is 0 Å². The fourth-order valence-corrected chi connectivity index (χ4v) is 1.90. The van der Waals surface area contributed by atoms with E-state index < -0.39 is 0 Å². The number of nitrogens with zero attached hydrogens (tertiary/aromatic N) is 4. The second-order valence-corrected chi connectivity index (χ2v) is 4.60. The van der Waals surface area contributed by atoms with Crippen molar-refractivity contribution in [3.8, 4) is 0 Å². The highest BCUT2D eigenvalue weighted by Gasteiger charge is 2.22. The number of aromatic nitrogens is 2. The van der Waals surface area contributed by atoms with Gasteiger partial charge in [0.25, 0.3) is 5.91 Å². The minimum atomic E-state index is -0.216. The number of imidazole rings is 1. The Labute approximate surface area is 111 Å². The van der Waals surface area contributed by atoms with Crippen molar-refractivity contribution >= 4 is 17.5 Å². The molecule has 2 rings (SSSR count). The zero-order valence-electron chi connectivity index (χ0n) is 11.0. The molecule has 0 aliphatic carbocycles. The van der Waals surface area contributed by atoms with Gasteiger partial charge < -0.3 is 9.88 Å². The number of hydrogen-bond donors (Lipinski definition) is 1. The van der Waals surface area contributed by atoms with Crippen molar-refractivity contribution in [1.82, 2.24) is 19.9 Å². The maximum Gasteiger partial charge on any atom is 0.267 e. The zero-order chi connectivity index (χ0) is 13.8. The van der Waals surface area contributed by atoms with Gasteiger partial charge in [-0.3, -0.25) is 9.59 Å². The molecule has 1 aliphatic rings. The van der Waals surface area contributed by atoms with E-state index in [-0.39, 0.29) is 17.9 Å². The predicted molar refractivity (Wildman–Crippen MR) is 69.3 cm³/mol. The van der Waals surface area contributed by atoms with Crippen LogP contribution >= 0.6 is 0 Å². The molecule has 2 amide bonds. The summed E-state index contributed by atoms with van der Waals surface area (Å²) in [5.74, 6) is -0.282. The largest absolute Gasteiger partial charge is 0.347 e. The molecule has 1 N–H and O–H groups in total. The van der Waals surface area contributed by atoms with Gasteiger partial charge in [-0.25, -0.2) is 9.99 Å². The number of hydrazone groups is 1. The van der Waals surface area contributed by atoms with Crippen molar-refractivity contribution in [1.29, 1.82) is 0 Å². The first-order valence-electron chi connectivity index (χ1n) is 6.17. The van der Waals surface area contributed by atoms with Crippen LogP contribution in [-0.4, -0.2) is 45.2 Å². The Morgan fingerprint density at radius 3 is 2.95 bits per heavy atom. The monoisotopic (exact) mass is 263 g/mol. The topological polar surface area (TPSA) is 79.6 Å². The summed E-state index contributed by atoms with van der Waals surface area (Å²) in [5.41, 5.74) is 0.402. The van der Waals surface area contributed by atoms with Gasteiger partial charge in [-0.05, 0) is 6.92 Å². The molecule has 1 atom stereocenters. The lowest BCUT2D eigenvalue weighted by atomic mass is 10.1. The molecule has 1 aromatic rings. The van der Waals surface area contributed by atoms with Crippen molar-refractivity contribution in [3.05, 3.63) is 18.7 Å². The van der Waals surface area contributed by atoms with Gasteiger partial charge in [0.1, 0.15) is 5.71 Å². The molecule has 2 heterocycles. The van der Waals surface area contributed by atoms with Gasteiger partial charge in [0.15, 0.2) is 0 Å². The van der Waals surface area contributed by atoms with Crippen molar-refractivity contribution < 1.29 is 9.59 Å². The number of carbonyl (C=O) groups excluding carboxylic acids is 2. The first-order chi connectivity index (χ1) is 9.06. The van der Waals surface area contributed by atoms with Crippen molar-refractivity contribution in [3.63, 3.8) is 0 Å². The third-order valence-corrected chi connectivity index (χ3v) is 2.89. The van der Waals surface area contributed by atoms with Crippen molar-refractivity contribution in [2.45, 2.75) is 32.4 Å². The Kier molecular flexibility index (Phi) is 3.94. The van der Waals surface area contributed by atoms with E-state index in [1.807, 2.05) is 17.7 Å². The van der Waals surface area contributed by atoms with Crippen LogP contribution in [0.25, 0.3) is 0 Å². The second-order valence-electron chi connectivity index (χ2n) is 4.60. The molecule has 7 nitrogen and oxygen atoms in total. The summed E-state index contributed by atoms with van der Waals surface area (Å²) < 4.78 is 1.89. The van der Waals surface area contributed by atoms with Crippen molar-refractivity contribution in [2.24, 2.45) is 5.10 Å². The Bertz CT molecular complexity index is 494. The molecule has 102 valence electrons. The third kappa shape index (κ3) is 3.40. The summed E-state index contributed by atoms with van der Waals surface area (Å²) in [5, 5.41) is 8.07. The second kappa shape index (κ2) is 5.64. The Balaban J connectivity index is 1.90. The third-order valence-electron chi connectivity index (χ3n) is 2.89. The number of hydrogen-bond acceptors (Lipinski definition) is 4. The fraction of sp³-hybridized carbons (Fsp3) is 0.500. The van der Waals surface area contributed by atoms with E-state index in [4.69, 9.17) is 0 Å². The number of amides is 2. The number of carbonyl (C=O) groups is 2. The zero-order valence-corrected chi connectivity index (χ0v) is 11.0. The molecule has 0 saturated heterocycles. The summed E-state index contributed by atoms with van der Waals surface area (Å²) >= 11 is 0. The van der Waals surface area contributed by atoms with Crippen LogP contribution < -0.4 is 5.32 Å². The molecule has 1 aliphatic heterocycles. The highest BCUT2D eigenvalue weighted by Crippen LogP contribution is 2.07. The van der Waals surface area contributed by atoms with Gasteiger partial charge in [0.05, 0.1) is 6.33 Å². The normalized spacial score (nSPS) is 17.1. The fourth-order valence-electron chi connectivity index (χ4n) is 1.90. The van der Waals surface area contributed by atoms with Crippen LogP contribution in [0.2, 0.25) is 0 Å². The molecule has 0 spiro atoms. The number of rotatable bonds is 4. The first-order valence-corrected chi connectivity index (χ1v) is 6.17. The summed E-state index contributed by atoms with van der Waals surface area (Å²) in [7, 11) is 1.56. The van der Waals surface area contributed by atoms with E-state index in [0.29, 0.717) is 25.1 Å². The molecule has 7 heteroatoms. The molecular formula is C12H17N5O2. The van der Waals surface area contributed by atoms with Gasteiger partial charge in [-0.15, -0.1) is 0 Å². The van der Waals surface area contributed by atoms with Crippen LogP contribution in [0.4, 0.5) is 0 Å². The lowest BCUT2D eigenvalue weighted by Gasteiger charge is -2.20. The summed E-state index contributed by atoms with van der Waals surface area (Å²) in [6.45, 7) is 2.56. The van der Waals surface area contributed by atoms with E-state index >= 15 is 0 Å². The van der Waals surface area contributed by atoms with E-state index in [9.17, 15) is 9.59 Å². The average molecular weight is 263 g/mol. The predicted octanol–water partition coefficient (Wildman–Crippen LogP) is -0.00400. The average Bonchev–Trinajstić information content (AvgIpc) is 2.85. The van der Waals surface area contributed by atoms with E-state index in [2.05, 4.69) is 15.4 Å². The van der Waals surface area contributed by atoms with Crippen LogP contribution in [0.15, 0.2) is 23.8 Å². The van der Waals surface area contributed by atoms with E-state index in [1.165, 1.54) is 5.01 Å². The Hall–Kier alpha value is -2.18. The highest BCUT2D eigenvalue weighted by molar-refractivity contribution is 6.39. The Morgan fingerprint density at radius 2 is 2.32 bits per heavy atom. The van der Waals surface area contributed by atoms with Gasteiger partial charge in [0.2, 0.25) is 5.91 Å². The quantitative estimate of drug-likeness (QED) is 0.830. The van der Waals surface area contributed by atoms with Gasteiger partial charge in [-0.1, -0.05) is 0 Å². The Morgan fingerprint density at radius 1 is 1.53 bits per heavy atom. The lowest BCUT2D eigenvalue weighted by molar-refractivity contribution is -0.130. The van der Waals surface area contributed by atoms with Crippen LogP contribution in [0.3, 0.4) is 0 Å². The van der Waals surface area contributed by atoms with Crippen LogP contribution in [0.1, 0.15) is 19.8 Å². The molecule has 19 heavy (non-hydrogen) atoms. The summed E-state index contributed by atoms with van der Waals surface area (Å²) in [6, 6.07) is -0.0349. The SMILES string of the molecule is CC(Cn1ccnc1)NC(=O)C1=NN(C)C(=O)CC1. The molecular weight excluding hydrogens is 246 g/mol. The lowest BCUT2D eigenvalue weighted by Crippen LogP contribution is -2.42. The van der Waals surface area contributed by atoms with Gasteiger partial charge >= 0.3 is 0 Å². The summed E-state index contributed by atoms with van der Waals surface area (Å²) in [6.07, 6.45) is 5.96. The standard InChI is InChI=1S/C12H17N5O2/c1-9(7-17-6-5-13-8-17)14-12(19)10-3-4-11(18)16(2)15-10/h5-6,8-9H,3-4,7H2,1-2H3,(H,14,19). The number of nitrogens with one attached hydrogen (secondary N) is 1. The molecule has 0 radical (unpaired) electrons. The maximum absolute atomic E-state index is 12.0.